The summed E-state index contributed by atoms with van der Waals surface area (Å²) in [7, 11) is 0. The molecule has 0 spiro atoms. The van der Waals surface area contributed by atoms with Crippen LogP contribution in [0.15, 0.2) is 47.6 Å². The lowest BCUT2D eigenvalue weighted by Gasteiger charge is -2.49. The third-order valence-corrected chi connectivity index (χ3v) is 10.4. The molecular weight excluding hydrogens is 577 g/mol. The van der Waals surface area contributed by atoms with Crippen LogP contribution in [0.2, 0.25) is 0 Å². The molecule has 3 fully saturated rings. The van der Waals surface area contributed by atoms with Gasteiger partial charge in [0.25, 0.3) is 5.60 Å². The molecule has 246 valence electrons. The Morgan fingerprint density at radius 1 is 0.977 bits per heavy atom. The van der Waals surface area contributed by atoms with Crippen LogP contribution >= 0.6 is 0 Å². The Hall–Kier alpha value is -1.65. The van der Waals surface area contributed by atoms with Crippen molar-refractivity contribution in [2.75, 3.05) is 0 Å². The van der Waals surface area contributed by atoms with Crippen LogP contribution < -0.4 is 0 Å². The van der Waals surface area contributed by atoms with Crippen LogP contribution in [0.25, 0.3) is 0 Å². The average molecular weight is 625 g/mol. The molecule has 3 nitrogen and oxygen atoms in total. The predicted octanol–water partition coefficient (Wildman–Crippen LogP) is 8.85. The van der Waals surface area contributed by atoms with E-state index in [1.54, 1.807) is 13.8 Å². The molecule has 0 bridgehead atoms. The number of alkyl halides is 7. The van der Waals surface area contributed by atoms with Gasteiger partial charge in [0.05, 0.1) is 11.7 Å². The molecule has 0 aromatic carbocycles. The van der Waals surface area contributed by atoms with Gasteiger partial charge >= 0.3 is 12.4 Å². The fraction of sp³-hybridized carbons (Fsp3) is 0.758. The van der Waals surface area contributed by atoms with E-state index in [0.717, 1.165) is 38.2 Å². The second-order valence-corrected chi connectivity index (χ2v) is 14.3. The number of halogens is 7. The Kier molecular flexibility index (Phi) is 10.5. The van der Waals surface area contributed by atoms with Crippen molar-refractivity contribution in [3.63, 3.8) is 0 Å². The van der Waals surface area contributed by atoms with Gasteiger partial charge in [-0.2, -0.15) is 26.3 Å². The summed E-state index contributed by atoms with van der Waals surface area (Å²) < 4.78 is 94.4. The van der Waals surface area contributed by atoms with Crippen molar-refractivity contribution < 1.29 is 46.1 Å². The first-order valence-corrected chi connectivity index (χ1v) is 15.2. The average Bonchev–Trinajstić information content (AvgIpc) is 3.21. The van der Waals surface area contributed by atoms with Gasteiger partial charge in [0.2, 0.25) is 0 Å². The van der Waals surface area contributed by atoms with Crippen molar-refractivity contribution >= 4 is 0 Å². The molecule has 1 unspecified atom stereocenters. The van der Waals surface area contributed by atoms with Gasteiger partial charge in [0.1, 0.15) is 6.17 Å². The molecule has 0 radical (unpaired) electrons. The Morgan fingerprint density at radius 3 is 2.19 bits per heavy atom. The summed E-state index contributed by atoms with van der Waals surface area (Å²) in [5, 5.41) is 30.0. The van der Waals surface area contributed by atoms with E-state index in [2.05, 4.69) is 13.5 Å². The molecule has 0 aromatic rings. The van der Waals surface area contributed by atoms with Gasteiger partial charge in [-0.15, -0.1) is 0 Å². The van der Waals surface area contributed by atoms with Crippen molar-refractivity contribution in [1.29, 1.82) is 0 Å². The minimum absolute atomic E-state index is 0.0267. The minimum Gasteiger partial charge on any atom is -0.393 e. The minimum atomic E-state index is -5.93. The molecule has 10 heteroatoms. The van der Waals surface area contributed by atoms with Gasteiger partial charge < -0.3 is 15.3 Å². The molecule has 3 N–H and O–H groups in total. The van der Waals surface area contributed by atoms with Gasteiger partial charge in [-0.05, 0) is 112 Å². The summed E-state index contributed by atoms with van der Waals surface area (Å²) in [6.45, 7) is 11.2. The fourth-order valence-corrected chi connectivity index (χ4v) is 8.01. The molecular formula is C33H47F7O3. The molecule has 0 heterocycles. The van der Waals surface area contributed by atoms with E-state index in [1.807, 2.05) is 19.1 Å². The second kappa shape index (κ2) is 12.6. The van der Waals surface area contributed by atoms with Crippen molar-refractivity contribution in [2.45, 2.75) is 134 Å². The van der Waals surface area contributed by atoms with Crippen molar-refractivity contribution in [2.24, 2.45) is 22.7 Å². The largest absolute Gasteiger partial charge is 0.429 e. The molecule has 3 aliphatic carbocycles. The highest BCUT2D eigenvalue weighted by Crippen LogP contribution is 2.64. The zero-order valence-corrected chi connectivity index (χ0v) is 25.6. The summed E-state index contributed by atoms with van der Waals surface area (Å²) in [6, 6.07) is 0. The Bertz CT molecular complexity index is 1080. The lowest BCUT2D eigenvalue weighted by atomic mass is 9.55. The van der Waals surface area contributed by atoms with Gasteiger partial charge in [-0.3, -0.25) is 0 Å². The van der Waals surface area contributed by atoms with E-state index < -0.39 is 41.2 Å². The maximum Gasteiger partial charge on any atom is 0.429 e. The lowest BCUT2D eigenvalue weighted by molar-refractivity contribution is -0.347. The Morgan fingerprint density at radius 2 is 1.60 bits per heavy atom. The zero-order chi connectivity index (χ0) is 32.6. The van der Waals surface area contributed by atoms with Gasteiger partial charge in [0.15, 0.2) is 0 Å². The summed E-state index contributed by atoms with van der Waals surface area (Å²) in [4.78, 5) is 0. The smallest absolute Gasteiger partial charge is 0.393 e. The number of rotatable bonds is 9. The van der Waals surface area contributed by atoms with Crippen molar-refractivity contribution in [3.05, 3.63) is 47.6 Å². The number of fused-ring (bicyclic) bond motifs is 1. The van der Waals surface area contributed by atoms with Crippen LogP contribution in [0.1, 0.15) is 98.3 Å². The number of aliphatic hydroxyl groups excluding tert-OH is 1. The standard InChI is InChI=1S/C33H47F7O3/c1-21-23(19-24(41)20-26(21)34)11-10-22-9-6-17-30(5)25(22)12-13-27(30)29(4,15-7-14-28(2,3)42)16-8-18-31(43,32(35,36)37)33(38,39)40/h8,10-11,18,24-27,41-43H,1,6-7,9,12-17,19-20H2,2-5H3/t24-,25?,26+,27-,29+,30+/m1/s1. The molecule has 3 rings (SSSR count). The van der Waals surface area contributed by atoms with Crippen LogP contribution in [0.3, 0.4) is 0 Å². The SMILES string of the molecule is C=C1C(=CC=C2CCC[C@@]3(C)C2CC[C@@H]3[C@](C)(CC=CC(O)(C(F)(F)F)C(F)(F)F)CCCC(C)(C)O)C[C@@H](O)C[C@@H]1F. The van der Waals surface area contributed by atoms with E-state index in [0.29, 0.717) is 36.8 Å². The molecule has 0 aliphatic heterocycles. The van der Waals surface area contributed by atoms with Crippen molar-refractivity contribution in [1.82, 2.24) is 0 Å². The summed E-state index contributed by atoms with van der Waals surface area (Å²) in [5.41, 5.74) is -4.69. The highest BCUT2D eigenvalue weighted by Gasteiger charge is 2.69. The first kappa shape index (κ1) is 35.8. The summed E-state index contributed by atoms with van der Waals surface area (Å²) in [6.07, 6.45) is -3.71. The normalized spacial score (nSPS) is 32.9. The summed E-state index contributed by atoms with van der Waals surface area (Å²) in [5.74, 6) is 0.0882. The number of hydrogen-bond acceptors (Lipinski definition) is 3. The Balaban J connectivity index is 1.93. The topological polar surface area (TPSA) is 60.7 Å². The predicted molar refractivity (Wildman–Crippen MR) is 153 cm³/mol. The molecule has 0 aromatic heterocycles. The van der Waals surface area contributed by atoms with Crippen LogP contribution in [0, 0.1) is 22.7 Å². The lowest BCUT2D eigenvalue weighted by Crippen LogP contribution is -2.55. The van der Waals surface area contributed by atoms with Gasteiger partial charge in [-0.25, -0.2) is 4.39 Å². The van der Waals surface area contributed by atoms with E-state index in [9.17, 15) is 46.1 Å². The van der Waals surface area contributed by atoms with E-state index >= 15 is 0 Å². The maximum atomic E-state index is 14.3. The molecule has 3 aliphatic rings. The molecule has 6 atom stereocenters. The highest BCUT2D eigenvalue weighted by atomic mass is 19.4. The fourth-order valence-electron chi connectivity index (χ4n) is 8.01. The monoisotopic (exact) mass is 624 g/mol. The van der Waals surface area contributed by atoms with E-state index in [-0.39, 0.29) is 36.2 Å². The van der Waals surface area contributed by atoms with Gasteiger partial charge in [-0.1, -0.05) is 50.6 Å². The number of allylic oxidation sites excluding steroid dienone is 5. The van der Waals surface area contributed by atoms with E-state index in [1.165, 1.54) is 5.57 Å². The van der Waals surface area contributed by atoms with Gasteiger partial charge in [0, 0.05) is 6.42 Å². The zero-order valence-electron chi connectivity index (χ0n) is 25.6. The van der Waals surface area contributed by atoms with Crippen LogP contribution in [-0.2, 0) is 0 Å². The second-order valence-electron chi connectivity index (χ2n) is 14.3. The summed E-state index contributed by atoms with van der Waals surface area (Å²) >= 11 is 0. The quantitative estimate of drug-likeness (QED) is 0.177. The Labute approximate surface area is 250 Å². The first-order chi connectivity index (χ1) is 19.5. The molecule has 3 saturated carbocycles. The van der Waals surface area contributed by atoms with Crippen molar-refractivity contribution in [3.8, 4) is 0 Å². The molecule has 43 heavy (non-hydrogen) atoms. The van der Waals surface area contributed by atoms with E-state index in [4.69, 9.17) is 0 Å². The molecule has 0 saturated heterocycles. The molecule has 0 amide bonds. The van der Waals surface area contributed by atoms with Crippen LogP contribution in [-0.4, -0.2) is 51.1 Å². The number of hydrogen-bond donors (Lipinski definition) is 3. The first-order valence-electron chi connectivity index (χ1n) is 15.2. The third kappa shape index (κ3) is 7.78. The number of aliphatic hydroxyl groups is 3. The third-order valence-electron chi connectivity index (χ3n) is 10.4. The highest BCUT2D eigenvalue weighted by molar-refractivity contribution is 5.39. The van der Waals surface area contributed by atoms with Crippen LogP contribution in [0.4, 0.5) is 30.7 Å². The maximum absolute atomic E-state index is 14.3. The van der Waals surface area contributed by atoms with Crippen LogP contribution in [0.5, 0.6) is 0 Å².